The highest BCUT2D eigenvalue weighted by Gasteiger charge is 2.30. The average Bonchev–Trinajstić information content (AvgIpc) is 2.17. The summed E-state index contributed by atoms with van der Waals surface area (Å²) >= 11 is 0. The van der Waals surface area contributed by atoms with Crippen molar-refractivity contribution >= 4 is 5.91 Å². The van der Waals surface area contributed by atoms with Crippen LogP contribution in [0.25, 0.3) is 0 Å². The van der Waals surface area contributed by atoms with Crippen LogP contribution in [0.1, 0.15) is 6.42 Å². The van der Waals surface area contributed by atoms with Crippen LogP contribution in [0.5, 0.6) is 0 Å². The van der Waals surface area contributed by atoms with Gasteiger partial charge in [-0.15, -0.1) is 0 Å². The zero-order valence-corrected chi connectivity index (χ0v) is 7.44. The third-order valence-corrected chi connectivity index (χ3v) is 2.83. The monoisotopic (exact) mass is 178 g/mol. The van der Waals surface area contributed by atoms with Crippen LogP contribution < -0.4 is 11.1 Å². The van der Waals surface area contributed by atoms with Crippen molar-refractivity contribution in [3.05, 3.63) is 24.3 Å². The van der Waals surface area contributed by atoms with Gasteiger partial charge in [0.2, 0.25) is 5.91 Å². The number of amides is 1. The Morgan fingerprint density at radius 2 is 2.00 bits per heavy atom. The van der Waals surface area contributed by atoms with Crippen LogP contribution >= 0.6 is 0 Å². The summed E-state index contributed by atoms with van der Waals surface area (Å²) in [4.78, 5) is 10.9. The van der Waals surface area contributed by atoms with Gasteiger partial charge in [0, 0.05) is 6.54 Å². The molecular weight excluding hydrogens is 164 g/mol. The molecule has 2 aliphatic rings. The van der Waals surface area contributed by atoms with Gasteiger partial charge >= 0.3 is 0 Å². The molecule has 3 unspecified atom stereocenters. The Bertz CT molecular complexity index is 270. The molecule has 1 aliphatic carbocycles. The molecule has 1 heterocycles. The number of carbonyl (C=O) groups excluding carboxylic acids is 1. The van der Waals surface area contributed by atoms with Crippen LogP contribution in [0, 0.1) is 11.8 Å². The summed E-state index contributed by atoms with van der Waals surface area (Å²) in [5.74, 6) is 0.797. The number of piperidine rings is 1. The molecule has 0 aromatic rings. The van der Waals surface area contributed by atoms with Crippen LogP contribution in [-0.2, 0) is 4.79 Å². The molecule has 1 fully saturated rings. The smallest absolute Gasteiger partial charge is 0.234 e. The molecule has 2 rings (SSSR count). The lowest BCUT2D eigenvalue weighted by molar-refractivity contribution is -0.120. The molecule has 0 radical (unpaired) electrons. The zero-order chi connectivity index (χ0) is 9.26. The van der Waals surface area contributed by atoms with Crippen LogP contribution in [0.4, 0.5) is 0 Å². The lowest BCUT2D eigenvalue weighted by Crippen LogP contribution is -2.49. The van der Waals surface area contributed by atoms with Gasteiger partial charge in [0.25, 0.3) is 0 Å². The molecule has 3 atom stereocenters. The molecule has 3 N–H and O–H groups in total. The Morgan fingerprint density at radius 1 is 1.31 bits per heavy atom. The summed E-state index contributed by atoms with van der Waals surface area (Å²) in [5.41, 5.74) is 5.25. The minimum atomic E-state index is -0.235. The van der Waals surface area contributed by atoms with Gasteiger partial charge in [-0.1, -0.05) is 24.3 Å². The number of hydrogen-bond donors (Lipinski definition) is 2. The molecule has 70 valence electrons. The number of primary amides is 1. The fraction of sp³-hybridized carbons (Fsp3) is 0.500. The summed E-state index contributed by atoms with van der Waals surface area (Å²) in [6.45, 7) is 0.860. The van der Waals surface area contributed by atoms with Crippen LogP contribution in [0.15, 0.2) is 24.3 Å². The van der Waals surface area contributed by atoms with Gasteiger partial charge in [0.15, 0.2) is 0 Å². The number of hydrogen-bond acceptors (Lipinski definition) is 2. The van der Waals surface area contributed by atoms with Crippen molar-refractivity contribution in [2.24, 2.45) is 17.6 Å². The first-order valence-corrected chi connectivity index (χ1v) is 4.65. The lowest BCUT2D eigenvalue weighted by Gasteiger charge is -2.33. The highest BCUT2D eigenvalue weighted by atomic mass is 16.1. The fourth-order valence-electron chi connectivity index (χ4n) is 2.02. The molecule has 1 aliphatic heterocycles. The van der Waals surface area contributed by atoms with E-state index in [1.165, 1.54) is 0 Å². The van der Waals surface area contributed by atoms with Crippen molar-refractivity contribution in [1.82, 2.24) is 5.32 Å². The van der Waals surface area contributed by atoms with E-state index in [0.29, 0.717) is 11.8 Å². The minimum absolute atomic E-state index is 0.141. The number of nitrogens with two attached hydrogens (primary N) is 1. The molecular formula is C10H14N2O. The Labute approximate surface area is 77.7 Å². The predicted molar refractivity (Wildman–Crippen MR) is 50.9 cm³/mol. The maximum absolute atomic E-state index is 10.9. The first-order chi connectivity index (χ1) is 6.27. The summed E-state index contributed by atoms with van der Waals surface area (Å²) in [6, 6.07) is -0.141. The Morgan fingerprint density at radius 3 is 2.69 bits per heavy atom. The Hall–Kier alpha value is -1.09. The molecule has 0 bridgehead atoms. The van der Waals surface area contributed by atoms with Crippen molar-refractivity contribution < 1.29 is 4.79 Å². The van der Waals surface area contributed by atoms with Gasteiger partial charge in [-0.3, -0.25) is 4.79 Å². The maximum atomic E-state index is 10.9. The third kappa shape index (κ3) is 1.65. The van der Waals surface area contributed by atoms with E-state index in [-0.39, 0.29) is 11.9 Å². The lowest BCUT2D eigenvalue weighted by atomic mass is 9.80. The number of rotatable bonds is 1. The molecule has 1 saturated heterocycles. The summed E-state index contributed by atoms with van der Waals surface area (Å²) < 4.78 is 0. The van der Waals surface area contributed by atoms with E-state index in [0.717, 1.165) is 13.0 Å². The van der Waals surface area contributed by atoms with Crippen molar-refractivity contribution in [2.75, 3.05) is 6.54 Å². The van der Waals surface area contributed by atoms with Crippen molar-refractivity contribution in [1.29, 1.82) is 0 Å². The topological polar surface area (TPSA) is 55.1 Å². The molecule has 3 heteroatoms. The number of nitrogens with one attached hydrogen (secondary N) is 1. The van der Waals surface area contributed by atoms with E-state index in [4.69, 9.17) is 5.73 Å². The zero-order valence-electron chi connectivity index (χ0n) is 7.44. The van der Waals surface area contributed by atoms with Gasteiger partial charge in [0.1, 0.15) is 0 Å². The number of carbonyl (C=O) groups is 1. The van der Waals surface area contributed by atoms with Gasteiger partial charge in [-0.25, -0.2) is 0 Å². The van der Waals surface area contributed by atoms with Crippen LogP contribution in [0.3, 0.4) is 0 Å². The van der Waals surface area contributed by atoms with Crippen molar-refractivity contribution in [2.45, 2.75) is 12.5 Å². The SMILES string of the molecule is NC(=O)C1CC2C=CC=CC2CN1. The van der Waals surface area contributed by atoms with Gasteiger partial charge in [-0.05, 0) is 18.3 Å². The first-order valence-electron chi connectivity index (χ1n) is 4.65. The number of fused-ring (bicyclic) bond motifs is 1. The predicted octanol–water partition coefficient (Wildman–Crippen LogP) is 0.192. The van der Waals surface area contributed by atoms with E-state index in [1.807, 2.05) is 6.08 Å². The first kappa shape index (κ1) is 8.51. The van der Waals surface area contributed by atoms with E-state index in [1.54, 1.807) is 0 Å². The third-order valence-electron chi connectivity index (χ3n) is 2.83. The largest absolute Gasteiger partial charge is 0.368 e. The summed E-state index contributed by atoms with van der Waals surface area (Å²) in [5, 5.41) is 3.16. The molecule has 1 amide bonds. The minimum Gasteiger partial charge on any atom is -0.368 e. The second-order valence-electron chi connectivity index (χ2n) is 3.70. The Kier molecular flexibility index (Phi) is 2.19. The fourth-order valence-corrected chi connectivity index (χ4v) is 2.02. The maximum Gasteiger partial charge on any atom is 0.234 e. The van der Waals surface area contributed by atoms with Crippen LogP contribution in [0.2, 0.25) is 0 Å². The molecule has 13 heavy (non-hydrogen) atoms. The molecule has 3 nitrogen and oxygen atoms in total. The standard InChI is InChI=1S/C10H14N2O/c11-10(13)9-5-7-3-1-2-4-8(7)6-12-9/h1-4,7-9,12H,5-6H2,(H2,11,13). The van der Waals surface area contributed by atoms with E-state index >= 15 is 0 Å². The van der Waals surface area contributed by atoms with Crippen molar-refractivity contribution in [3.8, 4) is 0 Å². The van der Waals surface area contributed by atoms with E-state index < -0.39 is 0 Å². The highest BCUT2D eigenvalue weighted by molar-refractivity contribution is 5.80. The summed E-state index contributed by atoms with van der Waals surface area (Å²) in [7, 11) is 0. The molecule has 0 aromatic carbocycles. The molecule has 0 aromatic heterocycles. The molecule has 0 saturated carbocycles. The molecule has 0 spiro atoms. The number of allylic oxidation sites excluding steroid dienone is 3. The summed E-state index contributed by atoms with van der Waals surface area (Å²) in [6.07, 6.45) is 9.30. The van der Waals surface area contributed by atoms with Crippen molar-refractivity contribution in [3.63, 3.8) is 0 Å². The average molecular weight is 178 g/mol. The van der Waals surface area contributed by atoms with Gasteiger partial charge < -0.3 is 11.1 Å². The van der Waals surface area contributed by atoms with E-state index in [9.17, 15) is 4.79 Å². The van der Waals surface area contributed by atoms with E-state index in [2.05, 4.69) is 23.5 Å². The second kappa shape index (κ2) is 3.34. The Balaban J connectivity index is 2.04. The normalized spacial score (nSPS) is 37.1. The quantitative estimate of drug-likeness (QED) is 0.602. The van der Waals surface area contributed by atoms with Crippen LogP contribution in [-0.4, -0.2) is 18.5 Å². The van der Waals surface area contributed by atoms with Gasteiger partial charge in [0.05, 0.1) is 6.04 Å². The highest BCUT2D eigenvalue weighted by Crippen LogP contribution is 2.27. The second-order valence-corrected chi connectivity index (χ2v) is 3.70. The van der Waals surface area contributed by atoms with Gasteiger partial charge in [-0.2, -0.15) is 0 Å².